The maximum Gasteiger partial charge on any atom is 0.251 e. The van der Waals surface area contributed by atoms with Crippen LogP contribution in [0, 0.1) is 5.92 Å². The van der Waals surface area contributed by atoms with E-state index in [4.69, 9.17) is 0 Å². The number of hydrogen-bond donors (Lipinski definition) is 1. The Bertz CT molecular complexity index is 204. The van der Waals surface area contributed by atoms with Gasteiger partial charge in [-0.15, -0.1) is 0 Å². The van der Waals surface area contributed by atoms with Crippen molar-refractivity contribution in [1.82, 2.24) is 4.90 Å². The lowest BCUT2D eigenvalue weighted by molar-refractivity contribution is -0.143. The highest BCUT2D eigenvalue weighted by Crippen LogP contribution is 2.09. The highest BCUT2D eigenvalue weighted by atomic mass is 16.3. The van der Waals surface area contributed by atoms with Gasteiger partial charge < -0.3 is 14.8 Å². The van der Waals surface area contributed by atoms with Crippen LogP contribution in [0.4, 0.5) is 0 Å². The molecular weight excluding hydrogens is 182 g/mol. The maximum absolute atomic E-state index is 11.5. The summed E-state index contributed by atoms with van der Waals surface area (Å²) in [5.74, 6) is -0.330. The topological polar surface area (TPSA) is 57.6 Å². The molecule has 0 heterocycles. The van der Waals surface area contributed by atoms with E-state index in [0.717, 1.165) is 6.29 Å². The summed E-state index contributed by atoms with van der Waals surface area (Å²) in [4.78, 5) is 23.5. The van der Waals surface area contributed by atoms with Gasteiger partial charge in [0.1, 0.15) is 12.4 Å². The van der Waals surface area contributed by atoms with Crippen molar-refractivity contribution in [3.05, 3.63) is 0 Å². The molecule has 0 aliphatic carbocycles. The zero-order chi connectivity index (χ0) is 11.3. The Morgan fingerprint density at radius 3 is 2.29 bits per heavy atom. The lowest BCUT2D eigenvalue weighted by Crippen LogP contribution is -2.46. The van der Waals surface area contributed by atoms with Gasteiger partial charge >= 0.3 is 0 Å². The number of hydrogen-bond acceptors (Lipinski definition) is 3. The van der Waals surface area contributed by atoms with E-state index in [2.05, 4.69) is 0 Å². The highest BCUT2D eigenvalue weighted by molar-refractivity contribution is 5.83. The molecule has 0 aromatic heterocycles. The SMILES string of the molecule is CCC(O)C(=O)N(C)[C@H](C=O)C(C)C. The Hall–Kier alpha value is -0.900. The van der Waals surface area contributed by atoms with E-state index in [1.807, 2.05) is 13.8 Å². The second-order valence-corrected chi connectivity index (χ2v) is 3.74. The first kappa shape index (κ1) is 13.1. The van der Waals surface area contributed by atoms with Gasteiger partial charge in [0.15, 0.2) is 0 Å². The average Bonchev–Trinajstić information content (AvgIpc) is 2.15. The van der Waals surface area contributed by atoms with Crippen LogP contribution in [0.1, 0.15) is 27.2 Å². The molecule has 0 rings (SSSR count). The van der Waals surface area contributed by atoms with E-state index in [-0.39, 0.29) is 5.92 Å². The first-order valence-electron chi connectivity index (χ1n) is 4.85. The number of rotatable bonds is 5. The summed E-state index contributed by atoms with van der Waals surface area (Å²) in [7, 11) is 1.54. The lowest BCUT2D eigenvalue weighted by Gasteiger charge is -2.28. The van der Waals surface area contributed by atoms with Gasteiger partial charge in [-0.3, -0.25) is 4.79 Å². The predicted octanol–water partition coefficient (Wildman–Crippen LogP) is 0.439. The lowest BCUT2D eigenvalue weighted by atomic mass is 10.0. The number of nitrogens with zero attached hydrogens (tertiary/aromatic N) is 1. The summed E-state index contributed by atoms with van der Waals surface area (Å²) in [5.41, 5.74) is 0. The number of aldehydes is 1. The van der Waals surface area contributed by atoms with Crippen molar-refractivity contribution in [3.8, 4) is 0 Å². The monoisotopic (exact) mass is 201 g/mol. The van der Waals surface area contributed by atoms with Crippen molar-refractivity contribution >= 4 is 12.2 Å². The van der Waals surface area contributed by atoms with E-state index in [1.54, 1.807) is 14.0 Å². The van der Waals surface area contributed by atoms with Crippen LogP contribution < -0.4 is 0 Å². The molecule has 0 saturated carbocycles. The van der Waals surface area contributed by atoms with Crippen LogP contribution in [0.25, 0.3) is 0 Å². The number of carbonyl (C=O) groups excluding carboxylic acids is 2. The first-order chi connectivity index (χ1) is 6.45. The second-order valence-electron chi connectivity index (χ2n) is 3.74. The zero-order valence-corrected chi connectivity index (χ0v) is 9.23. The molecule has 4 nitrogen and oxygen atoms in total. The van der Waals surface area contributed by atoms with Crippen molar-refractivity contribution in [2.24, 2.45) is 5.92 Å². The molecule has 0 aromatic carbocycles. The molecule has 1 amide bonds. The van der Waals surface area contributed by atoms with Crippen LogP contribution in [0.2, 0.25) is 0 Å². The Morgan fingerprint density at radius 1 is 1.50 bits per heavy atom. The number of amides is 1. The summed E-state index contributed by atoms with van der Waals surface area (Å²) >= 11 is 0. The summed E-state index contributed by atoms with van der Waals surface area (Å²) < 4.78 is 0. The van der Waals surface area contributed by atoms with Gasteiger partial charge in [-0.05, 0) is 12.3 Å². The maximum atomic E-state index is 11.5. The Balaban J connectivity index is 4.49. The molecule has 0 aliphatic heterocycles. The van der Waals surface area contributed by atoms with Gasteiger partial charge in [-0.25, -0.2) is 0 Å². The first-order valence-corrected chi connectivity index (χ1v) is 4.85. The fourth-order valence-corrected chi connectivity index (χ4v) is 1.25. The van der Waals surface area contributed by atoms with Gasteiger partial charge in [0.2, 0.25) is 0 Å². The van der Waals surface area contributed by atoms with Gasteiger partial charge in [0.25, 0.3) is 5.91 Å². The molecule has 4 heteroatoms. The average molecular weight is 201 g/mol. The van der Waals surface area contributed by atoms with E-state index in [1.165, 1.54) is 4.90 Å². The van der Waals surface area contributed by atoms with Crippen LogP contribution in [-0.4, -0.2) is 41.4 Å². The predicted molar refractivity (Wildman–Crippen MR) is 53.8 cm³/mol. The molecule has 2 atom stereocenters. The van der Waals surface area contributed by atoms with E-state index < -0.39 is 18.1 Å². The number of likely N-dealkylation sites (N-methyl/N-ethyl adjacent to an activating group) is 1. The van der Waals surface area contributed by atoms with Crippen LogP contribution in [-0.2, 0) is 9.59 Å². The third-order valence-corrected chi connectivity index (χ3v) is 2.29. The Kier molecular flexibility index (Phi) is 5.38. The molecule has 0 aliphatic rings. The fourth-order valence-electron chi connectivity index (χ4n) is 1.25. The summed E-state index contributed by atoms with van der Waals surface area (Å²) in [5, 5.41) is 9.32. The Labute approximate surface area is 84.9 Å². The summed E-state index contributed by atoms with van der Waals surface area (Å²) in [6.07, 6.45) is 0.110. The number of carbonyl (C=O) groups is 2. The molecular formula is C10H19NO3. The molecule has 1 unspecified atom stereocenters. The Morgan fingerprint density at radius 2 is 2.00 bits per heavy atom. The molecule has 1 N–H and O–H groups in total. The summed E-state index contributed by atoms with van der Waals surface area (Å²) in [6.45, 7) is 5.45. The van der Waals surface area contributed by atoms with Gasteiger partial charge in [-0.2, -0.15) is 0 Å². The minimum atomic E-state index is -0.999. The third-order valence-electron chi connectivity index (χ3n) is 2.29. The fraction of sp³-hybridized carbons (Fsp3) is 0.800. The molecule has 0 bridgehead atoms. The summed E-state index contributed by atoms with van der Waals surface area (Å²) in [6, 6.07) is -0.455. The molecule has 82 valence electrons. The van der Waals surface area contributed by atoms with Crippen LogP contribution in [0.5, 0.6) is 0 Å². The van der Waals surface area contributed by atoms with Crippen molar-refractivity contribution in [2.45, 2.75) is 39.3 Å². The number of aliphatic hydroxyl groups is 1. The highest BCUT2D eigenvalue weighted by Gasteiger charge is 2.25. The van der Waals surface area contributed by atoms with Gasteiger partial charge in [0, 0.05) is 7.05 Å². The quantitative estimate of drug-likeness (QED) is 0.657. The van der Waals surface area contributed by atoms with Crippen molar-refractivity contribution in [1.29, 1.82) is 0 Å². The molecule has 0 saturated heterocycles. The standard InChI is InChI=1S/C10H19NO3/c1-5-9(13)10(14)11(4)8(6-12)7(2)3/h6-9,13H,5H2,1-4H3/t8-,9?/m1/s1. The third kappa shape index (κ3) is 3.10. The minimum absolute atomic E-state index is 0.0607. The van der Waals surface area contributed by atoms with Crippen LogP contribution in [0.15, 0.2) is 0 Å². The zero-order valence-electron chi connectivity index (χ0n) is 9.23. The van der Waals surface area contributed by atoms with Crippen LogP contribution >= 0.6 is 0 Å². The van der Waals surface area contributed by atoms with Crippen molar-refractivity contribution < 1.29 is 14.7 Å². The normalized spacial score (nSPS) is 15.0. The van der Waals surface area contributed by atoms with Gasteiger partial charge in [-0.1, -0.05) is 20.8 Å². The molecule has 0 aromatic rings. The second kappa shape index (κ2) is 5.75. The van der Waals surface area contributed by atoms with E-state index in [9.17, 15) is 14.7 Å². The van der Waals surface area contributed by atoms with E-state index in [0.29, 0.717) is 6.42 Å². The smallest absolute Gasteiger partial charge is 0.251 e. The molecule has 0 spiro atoms. The largest absolute Gasteiger partial charge is 0.383 e. The molecule has 0 radical (unpaired) electrons. The van der Waals surface area contributed by atoms with E-state index >= 15 is 0 Å². The minimum Gasteiger partial charge on any atom is -0.383 e. The molecule has 14 heavy (non-hydrogen) atoms. The number of aliphatic hydroxyl groups excluding tert-OH is 1. The van der Waals surface area contributed by atoms with Crippen molar-refractivity contribution in [2.75, 3.05) is 7.05 Å². The van der Waals surface area contributed by atoms with Gasteiger partial charge in [0.05, 0.1) is 6.04 Å². The van der Waals surface area contributed by atoms with Crippen LogP contribution in [0.3, 0.4) is 0 Å². The van der Waals surface area contributed by atoms with Crippen molar-refractivity contribution in [3.63, 3.8) is 0 Å². The molecule has 0 fully saturated rings.